The van der Waals surface area contributed by atoms with Crippen molar-refractivity contribution in [2.45, 2.75) is 46.0 Å². The zero-order valence-electron chi connectivity index (χ0n) is 13.0. The Balaban J connectivity index is 1.82. The minimum absolute atomic E-state index is 0.111. The van der Waals surface area contributed by atoms with Crippen LogP contribution in [0.1, 0.15) is 55.1 Å². The van der Waals surface area contributed by atoms with Crippen LogP contribution in [0.25, 0.3) is 0 Å². The van der Waals surface area contributed by atoms with Crippen LogP contribution >= 0.6 is 0 Å². The van der Waals surface area contributed by atoms with Crippen LogP contribution in [-0.4, -0.2) is 17.4 Å². The number of nitrogens with one attached hydrogen (secondary N) is 2. The zero-order chi connectivity index (χ0) is 15.2. The summed E-state index contributed by atoms with van der Waals surface area (Å²) in [4.78, 5) is 16.3. The van der Waals surface area contributed by atoms with Gasteiger partial charge in [0, 0.05) is 18.4 Å². The van der Waals surface area contributed by atoms with E-state index in [0.29, 0.717) is 11.3 Å². The van der Waals surface area contributed by atoms with Crippen molar-refractivity contribution in [3.8, 4) is 0 Å². The third-order valence-electron chi connectivity index (χ3n) is 4.41. The molecule has 0 saturated heterocycles. The first-order valence-corrected chi connectivity index (χ1v) is 7.81. The number of hydrogen-bond acceptors (Lipinski definition) is 4. The third kappa shape index (κ3) is 4.43. The number of nitrogen functional groups attached to an aromatic ring is 1. The van der Waals surface area contributed by atoms with Crippen LogP contribution in [0.4, 0.5) is 5.69 Å². The van der Waals surface area contributed by atoms with Gasteiger partial charge in [-0.3, -0.25) is 15.6 Å². The standard InChI is InChI=1S/C16H26N4O/c1-11-3-5-13(6-4-11)7-8-18-16(21)14-10-19-12(2)9-15(14)20-17/h9-11,13H,3-8,17H2,1-2H3,(H,18,21)(H,19,20). The molecule has 1 amide bonds. The molecule has 1 heterocycles. The Bertz CT molecular complexity index is 481. The first-order valence-electron chi connectivity index (χ1n) is 7.81. The second kappa shape index (κ2) is 7.41. The SMILES string of the molecule is Cc1cc(NN)c(C(=O)NCCC2CCC(C)CC2)cn1. The minimum atomic E-state index is -0.111. The number of carbonyl (C=O) groups excluding carboxylic acids is 1. The van der Waals surface area contributed by atoms with Crippen LogP contribution in [0, 0.1) is 18.8 Å². The van der Waals surface area contributed by atoms with Crippen molar-refractivity contribution in [2.24, 2.45) is 17.7 Å². The number of aromatic nitrogens is 1. The van der Waals surface area contributed by atoms with E-state index in [9.17, 15) is 4.79 Å². The molecule has 0 bridgehead atoms. The van der Waals surface area contributed by atoms with Gasteiger partial charge in [-0.2, -0.15) is 0 Å². The minimum Gasteiger partial charge on any atom is -0.352 e. The van der Waals surface area contributed by atoms with Crippen molar-refractivity contribution >= 4 is 11.6 Å². The number of nitrogens with two attached hydrogens (primary N) is 1. The number of carbonyl (C=O) groups is 1. The van der Waals surface area contributed by atoms with Crippen molar-refractivity contribution in [1.82, 2.24) is 10.3 Å². The van der Waals surface area contributed by atoms with Gasteiger partial charge >= 0.3 is 0 Å². The normalized spacial score (nSPS) is 21.9. The number of rotatable bonds is 5. The molecule has 1 aromatic rings. The summed E-state index contributed by atoms with van der Waals surface area (Å²) in [6.07, 6.45) is 7.85. The highest BCUT2D eigenvalue weighted by molar-refractivity contribution is 5.99. The number of nitrogens with zero attached hydrogens (tertiary/aromatic N) is 1. The Morgan fingerprint density at radius 1 is 1.38 bits per heavy atom. The lowest BCUT2D eigenvalue weighted by Gasteiger charge is -2.26. The number of amides is 1. The smallest absolute Gasteiger partial charge is 0.255 e. The largest absolute Gasteiger partial charge is 0.352 e. The summed E-state index contributed by atoms with van der Waals surface area (Å²) < 4.78 is 0. The van der Waals surface area contributed by atoms with E-state index in [2.05, 4.69) is 22.7 Å². The Morgan fingerprint density at radius 2 is 2.10 bits per heavy atom. The maximum atomic E-state index is 12.2. The Hall–Kier alpha value is -1.62. The molecule has 1 aliphatic carbocycles. The molecule has 0 aliphatic heterocycles. The summed E-state index contributed by atoms with van der Waals surface area (Å²) in [5.74, 6) is 6.97. The molecule has 1 aliphatic rings. The molecule has 4 N–H and O–H groups in total. The van der Waals surface area contributed by atoms with Crippen LogP contribution in [0.15, 0.2) is 12.3 Å². The van der Waals surface area contributed by atoms with Gasteiger partial charge in [0.2, 0.25) is 0 Å². The third-order valence-corrected chi connectivity index (χ3v) is 4.41. The molecular weight excluding hydrogens is 264 g/mol. The van der Waals surface area contributed by atoms with Crippen molar-refractivity contribution in [1.29, 1.82) is 0 Å². The second-order valence-corrected chi connectivity index (χ2v) is 6.19. The fourth-order valence-corrected chi connectivity index (χ4v) is 2.96. The molecule has 0 spiro atoms. The Kier molecular flexibility index (Phi) is 5.56. The number of anilines is 1. The van der Waals surface area contributed by atoms with Gasteiger partial charge in [-0.05, 0) is 31.2 Å². The monoisotopic (exact) mass is 290 g/mol. The Labute approximate surface area is 126 Å². The average Bonchev–Trinajstić information content (AvgIpc) is 2.49. The lowest BCUT2D eigenvalue weighted by molar-refractivity contribution is 0.0950. The molecule has 2 rings (SSSR count). The molecule has 21 heavy (non-hydrogen) atoms. The predicted octanol–water partition coefficient (Wildman–Crippen LogP) is 2.62. The van der Waals surface area contributed by atoms with Crippen molar-refractivity contribution in [2.75, 3.05) is 12.0 Å². The van der Waals surface area contributed by atoms with E-state index < -0.39 is 0 Å². The quantitative estimate of drug-likeness (QED) is 0.575. The number of aryl methyl sites for hydroxylation is 1. The van der Waals surface area contributed by atoms with Crippen molar-refractivity contribution < 1.29 is 4.79 Å². The van der Waals surface area contributed by atoms with Gasteiger partial charge in [-0.1, -0.05) is 32.6 Å². The summed E-state index contributed by atoms with van der Waals surface area (Å²) in [5, 5.41) is 2.98. The van der Waals surface area contributed by atoms with E-state index in [1.165, 1.54) is 25.7 Å². The topological polar surface area (TPSA) is 80.0 Å². The lowest BCUT2D eigenvalue weighted by Crippen LogP contribution is -2.28. The summed E-state index contributed by atoms with van der Waals surface area (Å²) >= 11 is 0. The highest BCUT2D eigenvalue weighted by atomic mass is 16.1. The maximum absolute atomic E-state index is 12.2. The van der Waals surface area contributed by atoms with E-state index in [0.717, 1.165) is 30.5 Å². The highest BCUT2D eigenvalue weighted by Crippen LogP contribution is 2.29. The van der Waals surface area contributed by atoms with Crippen LogP contribution in [0.5, 0.6) is 0 Å². The van der Waals surface area contributed by atoms with E-state index >= 15 is 0 Å². The molecule has 5 heteroatoms. The molecule has 0 radical (unpaired) electrons. The summed E-state index contributed by atoms with van der Waals surface area (Å²) in [6, 6.07) is 1.78. The molecule has 1 aromatic heterocycles. The molecule has 0 aromatic carbocycles. The van der Waals surface area contributed by atoms with Gasteiger partial charge in [-0.25, -0.2) is 0 Å². The van der Waals surface area contributed by atoms with Gasteiger partial charge in [-0.15, -0.1) is 0 Å². The molecule has 1 fully saturated rings. The average molecular weight is 290 g/mol. The second-order valence-electron chi connectivity index (χ2n) is 6.19. The van der Waals surface area contributed by atoms with Gasteiger partial charge in [0.15, 0.2) is 0 Å². The van der Waals surface area contributed by atoms with E-state index in [4.69, 9.17) is 5.84 Å². The molecule has 1 saturated carbocycles. The number of hydrogen-bond donors (Lipinski definition) is 3. The predicted molar refractivity (Wildman–Crippen MR) is 84.9 cm³/mol. The number of hydrazine groups is 1. The summed E-state index contributed by atoms with van der Waals surface area (Å²) in [5.41, 5.74) is 4.51. The van der Waals surface area contributed by atoms with Crippen molar-refractivity contribution in [3.05, 3.63) is 23.5 Å². The van der Waals surface area contributed by atoms with E-state index in [-0.39, 0.29) is 5.91 Å². The van der Waals surface area contributed by atoms with Crippen LogP contribution in [0.3, 0.4) is 0 Å². The van der Waals surface area contributed by atoms with Gasteiger partial charge < -0.3 is 10.7 Å². The molecule has 0 unspecified atom stereocenters. The van der Waals surface area contributed by atoms with E-state index in [1.807, 2.05) is 6.92 Å². The number of pyridine rings is 1. The summed E-state index contributed by atoms with van der Waals surface area (Å²) in [7, 11) is 0. The van der Waals surface area contributed by atoms with Crippen LogP contribution < -0.4 is 16.6 Å². The van der Waals surface area contributed by atoms with Crippen LogP contribution in [0.2, 0.25) is 0 Å². The molecule has 0 atom stereocenters. The van der Waals surface area contributed by atoms with Gasteiger partial charge in [0.1, 0.15) is 0 Å². The fraction of sp³-hybridized carbons (Fsp3) is 0.625. The van der Waals surface area contributed by atoms with Crippen molar-refractivity contribution in [3.63, 3.8) is 0 Å². The molecule has 116 valence electrons. The molecular formula is C16H26N4O. The summed E-state index contributed by atoms with van der Waals surface area (Å²) in [6.45, 7) is 4.91. The first-order chi connectivity index (χ1) is 10.1. The zero-order valence-corrected chi connectivity index (χ0v) is 13.0. The van der Waals surface area contributed by atoms with E-state index in [1.54, 1.807) is 12.3 Å². The van der Waals surface area contributed by atoms with Crippen LogP contribution in [-0.2, 0) is 0 Å². The van der Waals surface area contributed by atoms with Gasteiger partial charge in [0.25, 0.3) is 5.91 Å². The lowest BCUT2D eigenvalue weighted by atomic mass is 9.81. The fourth-order valence-electron chi connectivity index (χ4n) is 2.96. The maximum Gasteiger partial charge on any atom is 0.255 e. The molecule has 5 nitrogen and oxygen atoms in total. The highest BCUT2D eigenvalue weighted by Gasteiger charge is 2.18. The first kappa shape index (κ1) is 15.8. The van der Waals surface area contributed by atoms with Gasteiger partial charge in [0.05, 0.1) is 11.3 Å². The Morgan fingerprint density at radius 3 is 2.76 bits per heavy atom.